The molecule has 1 N–H and O–H groups in total. The lowest BCUT2D eigenvalue weighted by atomic mass is 10.1. The minimum Gasteiger partial charge on any atom is -0.497 e. The first kappa shape index (κ1) is 21.6. The zero-order chi connectivity index (χ0) is 21.2. The molecular weight excluding hydrogens is 376 g/mol. The molecule has 0 unspecified atom stereocenters. The third kappa shape index (κ3) is 6.43. The van der Waals surface area contributed by atoms with Gasteiger partial charge in [-0.25, -0.2) is 4.79 Å². The summed E-state index contributed by atoms with van der Waals surface area (Å²) in [6.07, 6.45) is 0. The molecule has 0 radical (unpaired) electrons. The molecule has 2 aromatic carbocycles. The van der Waals surface area contributed by atoms with E-state index in [4.69, 9.17) is 24.2 Å². The van der Waals surface area contributed by atoms with Crippen molar-refractivity contribution >= 4 is 11.9 Å². The first-order valence-electron chi connectivity index (χ1n) is 8.76. The third-order valence-electron chi connectivity index (χ3n) is 3.99. The van der Waals surface area contributed by atoms with Gasteiger partial charge in [-0.15, -0.1) is 0 Å². The monoisotopic (exact) mass is 398 g/mol. The van der Waals surface area contributed by atoms with Crippen LogP contribution in [0.15, 0.2) is 42.5 Å². The molecule has 0 aromatic heterocycles. The van der Waals surface area contributed by atoms with Crippen molar-refractivity contribution in [3.63, 3.8) is 0 Å². The summed E-state index contributed by atoms with van der Waals surface area (Å²) >= 11 is 0. The van der Waals surface area contributed by atoms with Crippen LogP contribution in [-0.4, -0.2) is 39.3 Å². The molecule has 8 heteroatoms. The average Bonchev–Trinajstić information content (AvgIpc) is 2.75. The zero-order valence-corrected chi connectivity index (χ0v) is 16.4. The van der Waals surface area contributed by atoms with Gasteiger partial charge in [0.25, 0.3) is 5.91 Å². The number of nitriles is 1. The summed E-state index contributed by atoms with van der Waals surface area (Å²) in [6, 6.07) is 13.2. The second-order valence-corrected chi connectivity index (χ2v) is 5.98. The Balaban J connectivity index is 1.81. The molecule has 2 rings (SSSR count). The fourth-order valence-electron chi connectivity index (χ4n) is 2.49. The quantitative estimate of drug-likeness (QED) is 0.646. The average molecular weight is 398 g/mol. The number of nitrogens with one attached hydrogen (secondary N) is 1. The van der Waals surface area contributed by atoms with Crippen LogP contribution in [0.4, 0.5) is 0 Å². The molecule has 0 aliphatic carbocycles. The first-order valence-corrected chi connectivity index (χ1v) is 8.76. The Bertz CT molecular complexity index is 889. The number of hydrogen-bond acceptors (Lipinski definition) is 7. The van der Waals surface area contributed by atoms with Crippen molar-refractivity contribution in [3.8, 4) is 23.3 Å². The molecule has 8 nitrogen and oxygen atoms in total. The Hall–Kier alpha value is -3.73. The van der Waals surface area contributed by atoms with E-state index in [1.807, 2.05) is 6.07 Å². The molecule has 0 aliphatic heterocycles. The summed E-state index contributed by atoms with van der Waals surface area (Å²) < 4.78 is 20.7. The van der Waals surface area contributed by atoms with E-state index < -0.39 is 18.5 Å². The maximum absolute atomic E-state index is 12.1. The molecule has 0 saturated heterocycles. The number of benzene rings is 2. The lowest BCUT2D eigenvalue weighted by molar-refractivity contribution is -0.150. The Morgan fingerprint density at radius 3 is 2.34 bits per heavy atom. The summed E-state index contributed by atoms with van der Waals surface area (Å²) in [7, 11) is 3.09. The van der Waals surface area contributed by atoms with Crippen LogP contribution in [-0.2, 0) is 14.3 Å². The summed E-state index contributed by atoms with van der Waals surface area (Å²) in [6.45, 7) is 0.996. The van der Waals surface area contributed by atoms with Crippen LogP contribution >= 0.6 is 0 Å². The molecule has 1 amide bonds. The van der Waals surface area contributed by atoms with Crippen LogP contribution < -0.4 is 19.5 Å². The summed E-state index contributed by atoms with van der Waals surface area (Å²) in [4.78, 5) is 23.9. The number of methoxy groups -OCH3 is 2. The Kier molecular flexibility index (Phi) is 7.86. The van der Waals surface area contributed by atoms with E-state index in [0.717, 1.165) is 5.56 Å². The molecule has 1 atom stereocenters. The predicted octanol–water partition coefficient (Wildman–Crippen LogP) is 2.37. The third-order valence-corrected chi connectivity index (χ3v) is 3.99. The second kappa shape index (κ2) is 10.6. The van der Waals surface area contributed by atoms with Gasteiger partial charge in [0.2, 0.25) is 0 Å². The highest BCUT2D eigenvalue weighted by Gasteiger charge is 2.16. The highest BCUT2D eigenvalue weighted by atomic mass is 16.6. The SMILES string of the molecule is COc1ccc(OC)c([C@H](C)NC(=O)COC(=O)COc2ccc(C#N)cc2)c1. The number of carbonyl (C=O) groups is 2. The van der Waals surface area contributed by atoms with Gasteiger partial charge in [0.05, 0.1) is 31.9 Å². The van der Waals surface area contributed by atoms with E-state index in [9.17, 15) is 9.59 Å². The maximum atomic E-state index is 12.1. The first-order chi connectivity index (χ1) is 14.0. The molecule has 0 fully saturated rings. The van der Waals surface area contributed by atoms with E-state index >= 15 is 0 Å². The van der Waals surface area contributed by atoms with Gasteiger partial charge in [0.1, 0.15) is 17.2 Å². The van der Waals surface area contributed by atoms with Crippen LogP contribution in [0.25, 0.3) is 0 Å². The number of ether oxygens (including phenoxy) is 4. The van der Waals surface area contributed by atoms with Gasteiger partial charge < -0.3 is 24.3 Å². The lowest BCUT2D eigenvalue weighted by Gasteiger charge is -2.18. The number of nitrogens with zero attached hydrogens (tertiary/aromatic N) is 1. The van der Waals surface area contributed by atoms with Gasteiger partial charge in [-0.1, -0.05) is 0 Å². The molecule has 0 bridgehead atoms. The van der Waals surface area contributed by atoms with Crippen molar-refractivity contribution in [1.29, 1.82) is 5.26 Å². The van der Waals surface area contributed by atoms with E-state index in [0.29, 0.717) is 22.8 Å². The van der Waals surface area contributed by atoms with Crippen LogP contribution in [0.3, 0.4) is 0 Å². The van der Waals surface area contributed by atoms with Crippen LogP contribution in [0.1, 0.15) is 24.1 Å². The number of rotatable bonds is 9. The largest absolute Gasteiger partial charge is 0.497 e. The van der Waals surface area contributed by atoms with Crippen molar-refractivity contribution in [1.82, 2.24) is 5.32 Å². The van der Waals surface area contributed by atoms with Gasteiger partial charge in [0, 0.05) is 5.56 Å². The fourth-order valence-corrected chi connectivity index (χ4v) is 2.49. The smallest absolute Gasteiger partial charge is 0.344 e. The van der Waals surface area contributed by atoms with Crippen LogP contribution in [0, 0.1) is 11.3 Å². The highest BCUT2D eigenvalue weighted by Crippen LogP contribution is 2.29. The summed E-state index contributed by atoms with van der Waals surface area (Å²) in [5, 5.41) is 11.5. The van der Waals surface area contributed by atoms with Crippen molar-refractivity contribution in [2.75, 3.05) is 27.4 Å². The number of esters is 1. The van der Waals surface area contributed by atoms with Crippen molar-refractivity contribution in [2.45, 2.75) is 13.0 Å². The maximum Gasteiger partial charge on any atom is 0.344 e. The lowest BCUT2D eigenvalue weighted by Crippen LogP contribution is -2.32. The number of carbonyl (C=O) groups excluding carboxylic acids is 2. The van der Waals surface area contributed by atoms with Crippen molar-refractivity contribution in [2.24, 2.45) is 0 Å². The molecule has 0 heterocycles. The molecular formula is C21H22N2O6. The standard InChI is InChI=1S/C21H22N2O6/c1-14(18-10-17(26-2)8-9-19(18)27-3)23-20(24)12-29-21(25)13-28-16-6-4-15(11-22)5-7-16/h4-10,14H,12-13H2,1-3H3,(H,23,24)/t14-/m0/s1. The number of hydrogen-bond donors (Lipinski definition) is 1. The van der Waals surface area contributed by atoms with Gasteiger partial charge in [-0.05, 0) is 49.4 Å². The van der Waals surface area contributed by atoms with E-state index in [-0.39, 0.29) is 12.6 Å². The van der Waals surface area contributed by atoms with Gasteiger partial charge in [0.15, 0.2) is 13.2 Å². The number of amides is 1. The Morgan fingerprint density at radius 1 is 1.03 bits per heavy atom. The van der Waals surface area contributed by atoms with E-state index in [2.05, 4.69) is 5.32 Å². The molecule has 152 valence electrons. The molecule has 29 heavy (non-hydrogen) atoms. The van der Waals surface area contributed by atoms with Crippen molar-refractivity contribution < 1.29 is 28.5 Å². The minimum atomic E-state index is -0.684. The minimum absolute atomic E-state index is 0.349. The van der Waals surface area contributed by atoms with Crippen LogP contribution in [0.5, 0.6) is 17.2 Å². The predicted molar refractivity (Wildman–Crippen MR) is 104 cm³/mol. The normalized spacial score (nSPS) is 11.0. The topological polar surface area (TPSA) is 107 Å². The Labute approximate surface area is 168 Å². The van der Waals surface area contributed by atoms with E-state index in [1.54, 1.807) is 56.5 Å². The Morgan fingerprint density at radius 2 is 1.72 bits per heavy atom. The molecule has 2 aromatic rings. The van der Waals surface area contributed by atoms with Gasteiger partial charge >= 0.3 is 5.97 Å². The molecule has 0 saturated carbocycles. The summed E-state index contributed by atoms with van der Waals surface area (Å²) in [5.41, 5.74) is 1.22. The molecule has 0 spiro atoms. The van der Waals surface area contributed by atoms with E-state index in [1.165, 1.54) is 7.11 Å². The van der Waals surface area contributed by atoms with Crippen molar-refractivity contribution in [3.05, 3.63) is 53.6 Å². The zero-order valence-electron chi connectivity index (χ0n) is 16.4. The highest BCUT2D eigenvalue weighted by molar-refractivity contribution is 5.81. The van der Waals surface area contributed by atoms with Gasteiger partial charge in [-0.3, -0.25) is 4.79 Å². The summed E-state index contributed by atoms with van der Waals surface area (Å²) in [5.74, 6) is 0.508. The fraction of sp³-hybridized carbons (Fsp3) is 0.286. The second-order valence-electron chi connectivity index (χ2n) is 5.98. The van der Waals surface area contributed by atoms with Crippen LogP contribution in [0.2, 0.25) is 0 Å². The molecule has 0 aliphatic rings. The van der Waals surface area contributed by atoms with Gasteiger partial charge in [-0.2, -0.15) is 5.26 Å².